The first kappa shape index (κ1) is 14.2. The van der Waals surface area contributed by atoms with Crippen LogP contribution < -0.4 is 0 Å². The molecule has 0 aromatic heterocycles. The van der Waals surface area contributed by atoms with Gasteiger partial charge in [-0.2, -0.15) is 0 Å². The van der Waals surface area contributed by atoms with Gasteiger partial charge in [-0.1, -0.05) is 65.8 Å². The lowest BCUT2D eigenvalue weighted by molar-refractivity contribution is 0.596. The fourth-order valence-electron chi connectivity index (χ4n) is 0.974. The van der Waals surface area contributed by atoms with Crippen molar-refractivity contribution in [2.24, 2.45) is 16.7 Å². The molecule has 1 N–H and O–H groups in total. The third-order valence-corrected chi connectivity index (χ3v) is 2.23. The molecule has 0 rings (SSSR count). The maximum atomic E-state index is 7.29. The van der Waals surface area contributed by atoms with Crippen LogP contribution in [0.3, 0.4) is 0 Å². The summed E-state index contributed by atoms with van der Waals surface area (Å²) < 4.78 is 0. The molecule has 0 spiro atoms. The van der Waals surface area contributed by atoms with Crippen molar-refractivity contribution in [3.8, 4) is 0 Å². The predicted molar refractivity (Wildman–Crippen MR) is 69.5 cm³/mol. The van der Waals surface area contributed by atoms with Gasteiger partial charge in [-0.15, -0.1) is 0 Å². The van der Waals surface area contributed by atoms with Crippen molar-refractivity contribution >= 4 is 6.21 Å². The van der Waals surface area contributed by atoms with Crippen LogP contribution in [0.25, 0.3) is 0 Å². The SMILES string of the molecule is CC(C)/C=C\C(C)(C)/C=C\C(C)(C)C=N. The Balaban J connectivity index is 4.57. The smallest absolute Gasteiger partial charge is 0.0172 e. The fourth-order valence-corrected chi connectivity index (χ4v) is 0.974. The zero-order chi connectivity index (χ0) is 12.1. The van der Waals surface area contributed by atoms with Crippen LogP contribution in [0.15, 0.2) is 24.3 Å². The van der Waals surface area contributed by atoms with E-state index in [1.165, 1.54) is 6.21 Å². The summed E-state index contributed by atoms with van der Waals surface area (Å²) in [6, 6.07) is 0. The Morgan fingerprint density at radius 1 is 0.867 bits per heavy atom. The summed E-state index contributed by atoms with van der Waals surface area (Å²) in [6.07, 6.45) is 10.2. The summed E-state index contributed by atoms with van der Waals surface area (Å²) >= 11 is 0. The Labute approximate surface area is 94.8 Å². The second-order valence-corrected chi connectivity index (χ2v) is 5.72. The molecular formula is C14H25N. The van der Waals surface area contributed by atoms with Crippen LogP contribution in [0.5, 0.6) is 0 Å². The van der Waals surface area contributed by atoms with Crippen molar-refractivity contribution in [2.75, 3.05) is 0 Å². The third kappa shape index (κ3) is 7.12. The van der Waals surface area contributed by atoms with Crippen molar-refractivity contribution in [1.29, 1.82) is 5.41 Å². The lowest BCUT2D eigenvalue weighted by atomic mass is 9.86. The Kier molecular flexibility index (Phi) is 4.99. The van der Waals surface area contributed by atoms with Crippen molar-refractivity contribution in [1.82, 2.24) is 0 Å². The van der Waals surface area contributed by atoms with Crippen LogP contribution in [0.2, 0.25) is 0 Å². The molecule has 0 aliphatic rings. The molecular weight excluding hydrogens is 182 g/mol. The van der Waals surface area contributed by atoms with Crippen LogP contribution in [-0.4, -0.2) is 6.21 Å². The molecule has 86 valence electrons. The van der Waals surface area contributed by atoms with E-state index in [1.807, 2.05) is 13.8 Å². The maximum absolute atomic E-state index is 7.29. The topological polar surface area (TPSA) is 23.9 Å². The first-order valence-electron chi connectivity index (χ1n) is 5.60. The minimum Gasteiger partial charge on any atom is -0.312 e. The van der Waals surface area contributed by atoms with E-state index in [4.69, 9.17) is 5.41 Å². The van der Waals surface area contributed by atoms with Crippen LogP contribution >= 0.6 is 0 Å². The molecule has 15 heavy (non-hydrogen) atoms. The van der Waals surface area contributed by atoms with E-state index in [9.17, 15) is 0 Å². The molecule has 1 nitrogen and oxygen atoms in total. The van der Waals surface area contributed by atoms with E-state index in [-0.39, 0.29) is 10.8 Å². The van der Waals surface area contributed by atoms with Crippen molar-refractivity contribution in [3.05, 3.63) is 24.3 Å². The Morgan fingerprint density at radius 3 is 1.73 bits per heavy atom. The average Bonchev–Trinajstić information content (AvgIpc) is 2.13. The van der Waals surface area contributed by atoms with Gasteiger partial charge in [0.15, 0.2) is 0 Å². The molecule has 0 saturated heterocycles. The first-order valence-corrected chi connectivity index (χ1v) is 5.60. The highest BCUT2D eigenvalue weighted by molar-refractivity contribution is 5.64. The van der Waals surface area contributed by atoms with Gasteiger partial charge in [0, 0.05) is 17.0 Å². The molecule has 0 aliphatic carbocycles. The fraction of sp³-hybridized carbons (Fsp3) is 0.643. The molecule has 0 saturated carbocycles. The van der Waals surface area contributed by atoms with E-state index >= 15 is 0 Å². The predicted octanol–water partition coefficient (Wildman–Crippen LogP) is 4.46. The normalized spacial score (nSPS) is 14.3. The molecule has 0 aliphatic heterocycles. The van der Waals surface area contributed by atoms with Gasteiger partial charge in [0.25, 0.3) is 0 Å². The number of rotatable bonds is 5. The monoisotopic (exact) mass is 207 g/mol. The van der Waals surface area contributed by atoms with Gasteiger partial charge in [0.1, 0.15) is 0 Å². The zero-order valence-electron chi connectivity index (χ0n) is 11.0. The summed E-state index contributed by atoms with van der Waals surface area (Å²) in [5, 5.41) is 7.29. The van der Waals surface area contributed by atoms with Gasteiger partial charge in [-0.25, -0.2) is 0 Å². The highest BCUT2D eigenvalue weighted by atomic mass is 14.4. The Morgan fingerprint density at radius 2 is 1.33 bits per heavy atom. The number of allylic oxidation sites excluding steroid dienone is 4. The molecule has 0 heterocycles. The van der Waals surface area contributed by atoms with Gasteiger partial charge < -0.3 is 5.41 Å². The van der Waals surface area contributed by atoms with Gasteiger partial charge >= 0.3 is 0 Å². The minimum absolute atomic E-state index is 0.0740. The van der Waals surface area contributed by atoms with Crippen LogP contribution in [-0.2, 0) is 0 Å². The van der Waals surface area contributed by atoms with E-state index < -0.39 is 0 Å². The summed E-state index contributed by atoms with van der Waals surface area (Å²) in [4.78, 5) is 0. The third-order valence-electron chi connectivity index (χ3n) is 2.23. The van der Waals surface area contributed by atoms with Crippen molar-refractivity contribution in [3.63, 3.8) is 0 Å². The highest BCUT2D eigenvalue weighted by Gasteiger charge is 2.13. The number of nitrogens with one attached hydrogen (secondary N) is 1. The Bertz CT molecular complexity index is 255. The molecule has 0 amide bonds. The summed E-state index contributed by atoms with van der Waals surface area (Å²) in [7, 11) is 0. The van der Waals surface area contributed by atoms with Gasteiger partial charge in [0.2, 0.25) is 0 Å². The first-order chi connectivity index (χ1) is 6.68. The van der Waals surface area contributed by atoms with Crippen LogP contribution in [0.1, 0.15) is 41.5 Å². The molecule has 0 radical (unpaired) electrons. The molecule has 0 bridgehead atoms. The van der Waals surface area contributed by atoms with E-state index in [0.717, 1.165) is 0 Å². The van der Waals surface area contributed by atoms with E-state index in [0.29, 0.717) is 5.92 Å². The number of hydrogen-bond acceptors (Lipinski definition) is 1. The van der Waals surface area contributed by atoms with Crippen LogP contribution in [0, 0.1) is 22.2 Å². The van der Waals surface area contributed by atoms with Crippen molar-refractivity contribution < 1.29 is 0 Å². The van der Waals surface area contributed by atoms with E-state index in [2.05, 4.69) is 52.0 Å². The molecule has 0 aromatic carbocycles. The second-order valence-electron chi connectivity index (χ2n) is 5.72. The molecule has 0 fully saturated rings. The lowest BCUT2D eigenvalue weighted by Crippen LogP contribution is -2.11. The summed E-state index contributed by atoms with van der Waals surface area (Å²) in [6.45, 7) is 12.8. The summed E-state index contributed by atoms with van der Waals surface area (Å²) in [5.41, 5.74) is -0.0620. The average molecular weight is 207 g/mol. The zero-order valence-corrected chi connectivity index (χ0v) is 11.0. The largest absolute Gasteiger partial charge is 0.312 e. The van der Waals surface area contributed by atoms with Gasteiger partial charge in [-0.05, 0) is 5.92 Å². The Hall–Kier alpha value is -0.850. The molecule has 0 atom stereocenters. The standard InChI is InChI=1S/C14H25N/c1-12(2)7-8-13(3,4)9-10-14(5,6)11-15/h7-12,15H,1-6H3/b8-7-,10-9-,15-11?. The summed E-state index contributed by atoms with van der Waals surface area (Å²) in [5.74, 6) is 0.591. The minimum atomic E-state index is -0.136. The van der Waals surface area contributed by atoms with Gasteiger partial charge in [-0.3, -0.25) is 0 Å². The number of hydrogen-bond donors (Lipinski definition) is 1. The second kappa shape index (κ2) is 5.29. The lowest BCUT2D eigenvalue weighted by Gasteiger charge is -2.19. The van der Waals surface area contributed by atoms with Crippen LogP contribution in [0.4, 0.5) is 0 Å². The van der Waals surface area contributed by atoms with E-state index in [1.54, 1.807) is 0 Å². The molecule has 1 heteroatoms. The quantitative estimate of drug-likeness (QED) is 0.508. The maximum Gasteiger partial charge on any atom is 0.0172 e. The molecule has 0 unspecified atom stereocenters. The van der Waals surface area contributed by atoms with Gasteiger partial charge in [0.05, 0.1) is 0 Å². The molecule has 0 aromatic rings. The highest BCUT2D eigenvalue weighted by Crippen LogP contribution is 2.23. The van der Waals surface area contributed by atoms with Crippen molar-refractivity contribution in [2.45, 2.75) is 41.5 Å².